The molecule has 0 N–H and O–H groups in total. The summed E-state index contributed by atoms with van der Waals surface area (Å²) in [7, 11) is -1.65. The Balaban J connectivity index is 1.95. The third-order valence-corrected chi connectivity index (χ3v) is 4.23. The monoisotopic (exact) mass is 188 g/mol. The van der Waals surface area contributed by atoms with Crippen LogP contribution in [0.15, 0.2) is 0 Å². The van der Waals surface area contributed by atoms with E-state index in [2.05, 4.69) is 13.8 Å². The molecule has 4 heteroatoms. The van der Waals surface area contributed by atoms with Crippen molar-refractivity contribution in [1.29, 1.82) is 0 Å². The van der Waals surface area contributed by atoms with E-state index in [0.29, 0.717) is 12.2 Å². The first kappa shape index (κ1) is 8.68. The summed E-state index contributed by atoms with van der Waals surface area (Å²) in [5.74, 6) is 0. The van der Waals surface area contributed by atoms with Gasteiger partial charge in [-0.1, -0.05) is 20.3 Å². The number of hydrogen-bond acceptors (Lipinski definition) is 3. The summed E-state index contributed by atoms with van der Waals surface area (Å²) in [5.41, 5.74) is 0. The minimum Gasteiger partial charge on any atom is -0.370 e. The summed E-state index contributed by atoms with van der Waals surface area (Å²) in [6.45, 7) is 4.32. The van der Waals surface area contributed by atoms with E-state index in [9.17, 15) is 0 Å². The molecule has 70 valence electrons. The molecule has 0 aliphatic carbocycles. The minimum absolute atomic E-state index is 0.256. The van der Waals surface area contributed by atoms with Crippen molar-refractivity contribution in [2.45, 2.75) is 51.4 Å². The Labute approximate surface area is 75.0 Å². The van der Waals surface area contributed by atoms with Crippen LogP contribution in [0.25, 0.3) is 0 Å². The zero-order valence-corrected chi connectivity index (χ0v) is 8.81. The van der Waals surface area contributed by atoms with Crippen molar-refractivity contribution in [1.82, 2.24) is 0 Å². The molecule has 2 saturated heterocycles. The first-order chi connectivity index (χ1) is 5.85. The Kier molecular flexibility index (Phi) is 2.50. The van der Waals surface area contributed by atoms with E-state index >= 15 is 0 Å². The van der Waals surface area contributed by atoms with Gasteiger partial charge in [0.2, 0.25) is 0 Å². The fourth-order valence-corrected chi connectivity index (χ4v) is 3.93. The molecule has 0 aromatic heterocycles. The fraction of sp³-hybridized carbons (Fsp3) is 1.00. The van der Waals surface area contributed by atoms with Gasteiger partial charge in [-0.15, -0.1) is 0 Å². The van der Waals surface area contributed by atoms with Crippen molar-refractivity contribution in [2.75, 3.05) is 0 Å². The Morgan fingerprint density at radius 1 is 1.08 bits per heavy atom. The van der Waals surface area contributed by atoms with Crippen LogP contribution in [0.3, 0.4) is 0 Å². The average Bonchev–Trinajstić information content (AvgIpc) is 2.62. The van der Waals surface area contributed by atoms with E-state index < -0.39 is 9.53 Å². The third kappa shape index (κ3) is 1.33. The second-order valence-corrected chi connectivity index (χ2v) is 4.83. The first-order valence-electron chi connectivity index (χ1n) is 4.81. The van der Waals surface area contributed by atoms with Crippen molar-refractivity contribution in [3.05, 3.63) is 0 Å². The zero-order valence-electron chi connectivity index (χ0n) is 7.66. The lowest BCUT2D eigenvalue weighted by Crippen LogP contribution is -2.38. The van der Waals surface area contributed by atoms with Crippen LogP contribution < -0.4 is 0 Å². The lowest BCUT2D eigenvalue weighted by atomic mass is 10.0. The van der Waals surface area contributed by atoms with Crippen molar-refractivity contribution in [3.8, 4) is 0 Å². The number of rotatable bonds is 3. The maximum absolute atomic E-state index is 5.64. The highest BCUT2D eigenvalue weighted by Crippen LogP contribution is 2.33. The SMILES string of the molecule is CCCC1O[SiH]2OC(CC)C1O2. The summed E-state index contributed by atoms with van der Waals surface area (Å²) in [6, 6.07) is 0. The first-order valence-corrected chi connectivity index (χ1v) is 6.23. The number of fused-ring (bicyclic) bond motifs is 2. The van der Waals surface area contributed by atoms with E-state index in [1.807, 2.05) is 0 Å². The second-order valence-electron chi connectivity index (χ2n) is 3.44. The summed E-state index contributed by atoms with van der Waals surface area (Å²) in [5, 5.41) is 0. The molecule has 0 aromatic rings. The highest BCUT2D eigenvalue weighted by molar-refractivity contribution is 6.38. The van der Waals surface area contributed by atoms with E-state index in [4.69, 9.17) is 13.3 Å². The van der Waals surface area contributed by atoms with Gasteiger partial charge >= 0.3 is 9.53 Å². The molecule has 0 radical (unpaired) electrons. The molecule has 3 nitrogen and oxygen atoms in total. The molecule has 2 rings (SSSR count). The summed E-state index contributed by atoms with van der Waals surface area (Å²) >= 11 is 0. The predicted molar refractivity (Wildman–Crippen MR) is 47.0 cm³/mol. The Bertz CT molecular complexity index is 162. The molecule has 0 spiro atoms. The largest absolute Gasteiger partial charge is 0.485 e. The standard InChI is InChI=1S/C8H16O3Si/c1-3-5-7-8-6(4-2)9-12(10-7)11-8/h6-8,12H,3-5H2,1-2H3. The van der Waals surface area contributed by atoms with E-state index in [1.54, 1.807) is 0 Å². The van der Waals surface area contributed by atoms with Gasteiger partial charge in [0.1, 0.15) is 0 Å². The summed E-state index contributed by atoms with van der Waals surface area (Å²) < 4.78 is 16.8. The van der Waals surface area contributed by atoms with Crippen LogP contribution in [-0.4, -0.2) is 27.8 Å². The Hall–Kier alpha value is 0.0969. The van der Waals surface area contributed by atoms with Crippen molar-refractivity contribution in [2.24, 2.45) is 0 Å². The molecule has 0 aromatic carbocycles. The fourth-order valence-electron chi connectivity index (χ4n) is 1.92. The van der Waals surface area contributed by atoms with Gasteiger partial charge in [0.25, 0.3) is 0 Å². The van der Waals surface area contributed by atoms with Gasteiger partial charge in [-0.2, -0.15) is 0 Å². The smallest absolute Gasteiger partial charge is 0.370 e. The van der Waals surface area contributed by atoms with Crippen LogP contribution in [0.5, 0.6) is 0 Å². The van der Waals surface area contributed by atoms with E-state index in [0.717, 1.165) is 12.8 Å². The molecule has 2 heterocycles. The molecule has 0 amide bonds. The number of hydrogen-bond donors (Lipinski definition) is 0. The molecule has 0 saturated carbocycles. The van der Waals surface area contributed by atoms with Gasteiger partial charge in [-0.05, 0) is 12.8 Å². The lowest BCUT2D eigenvalue weighted by molar-refractivity contribution is 0.0253. The van der Waals surface area contributed by atoms with Crippen molar-refractivity contribution < 1.29 is 13.3 Å². The van der Waals surface area contributed by atoms with Crippen LogP contribution in [0.4, 0.5) is 0 Å². The molecule has 2 aliphatic rings. The summed E-state index contributed by atoms with van der Waals surface area (Å²) in [4.78, 5) is 0. The van der Waals surface area contributed by atoms with Gasteiger partial charge in [0.15, 0.2) is 0 Å². The molecule has 2 aliphatic heterocycles. The van der Waals surface area contributed by atoms with Crippen LogP contribution in [0.1, 0.15) is 33.1 Å². The Morgan fingerprint density at radius 3 is 2.42 bits per heavy atom. The minimum atomic E-state index is -1.65. The van der Waals surface area contributed by atoms with Gasteiger partial charge in [0.05, 0.1) is 18.3 Å². The van der Waals surface area contributed by atoms with Gasteiger partial charge < -0.3 is 13.3 Å². The molecule has 12 heavy (non-hydrogen) atoms. The van der Waals surface area contributed by atoms with Gasteiger partial charge in [-0.25, -0.2) is 0 Å². The van der Waals surface area contributed by atoms with E-state index in [1.165, 1.54) is 6.42 Å². The molecule has 2 bridgehead atoms. The maximum Gasteiger partial charge on any atom is 0.485 e. The molecular weight excluding hydrogens is 172 g/mol. The van der Waals surface area contributed by atoms with Gasteiger partial charge in [-0.3, -0.25) is 0 Å². The normalized spacial score (nSPS) is 45.5. The van der Waals surface area contributed by atoms with Crippen LogP contribution in [0, 0.1) is 0 Å². The maximum atomic E-state index is 5.64. The topological polar surface area (TPSA) is 27.7 Å². The molecule has 4 atom stereocenters. The quantitative estimate of drug-likeness (QED) is 0.621. The average molecular weight is 188 g/mol. The van der Waals surface area contributed by atoms with Gasteiger partial charge in [0, 0.05) is 0 Å². The van der Waals surface area contributed by atoms with Crippen LogP contribution >= 0.6 is 0 Å². The van der Waals surface area contributed by atoms with E-state index in [-0.39, 0.29) is 6.10 Å². The van der Waals surface area contributed by atoms with Crippen LogP contribution in [0.2, 0.25) is 0 Å². The lowest BCUT2D eigenvalue weighted by Gasteiger charge is -2.25. The molecule has 2 fully saturated rings. The molecule has 4 unspecified atom stereocenters. The van der Waals surface area contributed by atoms with Crippen LogP contribution in [-0.2, 0) is 13.3 Å². The second kappa shape index (κ2) is 3.45. The molecular formula is C8H16O3Si. The third-order valence-electron chi connectivity index (χ3n) is 2.55. The van der Waals surface area contributed by atoms with Crippen molar-refractivity contribution >= 4 is 9.53 Å². The van der Waals surface area contributed by atoms with Crippen molar-refractivity contribution in [3.63, 3.8) is 0 Å². The summed E-state index contributed by atoms with van der Waals surface area (Å²) in [6.07, 6.45) is 4.26. The highest BCUT2D eigenvalue weighted by atomic mass is 28.3. The highest BCUT2D eigenvalue weighted by Gasteiger charge is 2.50. The Morgan fingerprint density at radius 2 is 1.83 bits per heavy atom. The zero-order chi connectivity index (χ0) is 8.55. The predicted octanol–water partition coefficient (Wildman–Crippen LogP) is 1.10.